The number of hydrogen-bond acceptors (Lipinski definition) is 7. The monoisotopic (exact) mass is 395 g/mol. The number of carbonyl (C=O) groups excluding carboxylic acids is 2. The van der Waals surface area contributed by atoms with Gasteiger partial charge in [0, 0.05) is 30.4 Å². The Bertz CT molecular complexity index is 1040. The zero-order chi connectivity index (χ0) is 20.5. The fourth-order valence-electron chi connectivity index (χ4n) is 3.25. The van der Waals surface area contributed by atoms with Gasteiger partial charge in [0.2, 0.25) is 6.79 Å². The largest absolute Gasteiger partial charge is 0.454 e. The molecule has 0 unspecified atom stereocenters. The Morgan fingerprint density at radius 3 is 2.48 bits per heavy atom. The average Bonchev–Trinajstić information content (AvgIpc) is 3.27. The summed E-state index contributed by atoms with van der Waals surface area (Å²) in [6.07, 6.45) is 0.613. The van der Waals surface area contributed by atoms with Crippen LogP contribution >= 0.6 is 0 Å². The third-order valence-corrected chi connectivity index (χ3v) is 4.62. The maximum absolute atomic E-state index is 12.9. The number of anilines is 1. The van der Waals surface area contributed by atoms with Crippen LogP contribution in [0.25, 0.3) is 5.57 Å². The summed E-state index contributed by atoms with van der Waals surface area (Å²) in [6, 6.07) is 10.7. The molecular weight excluding hydrogens is 378 g/mol. The summed E-state index contributed by atoms with van der Waals surface area (Å²) in [5, 5.41) is 13.9. The van der Waals surface area contributed by atoms with Crippen LogP contribution in [0.5, 0.6) is 11.5 Å². The Morgan fingerprint density at radius 1 is 1.07 bits per heavy atom. The van der Waals surface area contributed by atoms with Gasteiger partial charge in [-0.1, -0.05) is 6.92 Å². The van der Waals surface area contributed by atoms with Gasteiger partial charge in [-0.05, 0) is 36.2 Å². The Balaban J connectivity index is 1.75. The lowest BCUT2D eigenvalue weighted by Gasteiger charge is -2.13. The van der Waals surface area contributed by atoms with Gasteiger partial charge >= 0.3 is 0 Å². The highest BCUT2D eigenvalue weighted by atomic mass is 16.7. The van der Waals surface area contributed by atoms with Gasteiger partial charge in [0.1, 0.15) is 5.70 Å². The van der Waals surface area contributed by atoms with E-state index in [0.717, 1.165) is 0 Å². The van der Waals surface area contributed by atoms with Crippen LogP contribution in [0.4, 0.5) is 11.4 Å². The molecule has 0 spiro atoms. The molecule has 0 fully saturated rings. The number of non-ortho nitro benzene ring substituents is 1. The number of amides is 2. The third-order valence-electron chi connectivity index (χ3n) is 4.62. The standard InChI is InChI=1S/C20H17N3O6/c1-2-9-22-19(24)17(12-3-6-14(7-4-12)23(26)27)18(20(22)25)21-13-5-8-15-16(10-13)29-11-28-15/h3-8,10,21H,2,9,11H2,1H3. The highest BCUT2D eigenvalue weighted by Crippen LogP contribution is 2.36. The van der Waals surface area contributed by atoms with Gasteiger partial charge in [0.25, 0.3) is 17.5 Å². The summed E-state index contributed by atoms with van der Waals surface area (Å²) in [5.41, 5.74) is 1.19. The Labute approximate surface area is 165 Å². The molecule has 2 aliphatic rings. The number of carbonyl (C=O) groups is 2. The number of benzene rings is 2. The minimum Gasteiger partial charge on any atom is -0.454 e. The molecule has 9 heteroatoms. The van der Waals surface area contributed by atoms with E-state index in [1.165, 1.54) is 29.2 Å². The minimum atomic E-state index is -0.519. The number of hydrogen-bond donors (Lipinski definition) is 1. The van der Waals surface area contributed by atoms with E-state index >= 15 is 0 Å². The first-order valence-electron chi connectivity index (χ1n) is 9.01. The predicted octanol–water partition coefficient (Wildman–Crippen LogP) is 2.93. The Hall–Kier alpha value is -3.88. The van der Waals surface area contributed by atoms with Crippen LogP contribution in [0, 0.1) is 10.1 Å². The molecule has 0 aromatic heterocycles. The summed E-state index contributed by atoms with van der Waals surface area (Å²) in [4.78, 5) is 37.4. The molecule has 0 saturated carbocycles. The number of rotatable bonds is 6. The van der Waals surface area contributed by atoms with Crippen molar-refractivity contribution in [3.8, 4) is 11.5 Å². The van der Waals surface area contributed by atoms with Crippen LogP contribution in [-0.2, 0) is 9.59 Å². The van der Waals surface area contributed by atoms with Gasteiger partial charge in [-0.25, -0.2) is 0 Å². The van der Waals surface area contributed by atoms with Crippen LogP contribution in [0.2, 0.25) is 0 Å². The van der Waals surface area contributed by atoms with E-state index in [2.05, 4.69) is 5.32 Å². The molecule has 1 N–H and O–H groups in total. The van der Waals surface area contributed by atoms with Crippen LogP contribution in [0.3, 0.4) is 0 Å². The van der Waals surface area contributed by atoms with Crippen LogP contribution in [0.1, 0.15) is 18.9 Å². The van der Waals surface area contributed by atoms with Crippen molar-refractivity contribution in [1.29, 1.82) is 0 Å². The fourth-order valence-corrected chi connectivity index (χ4v) is 3.25. The zero-order valence-corrected chi connectivity index (χ0v) is 15.5. The number of ether oxygens (including phenoxy) is 2. The van der Waals surface area contributed by atoms with E-state index in [-0.39, 0.29) is 30.3 Å². The first-order valence-corrected chi connectivity index (χ1v) is 9.01. The van der Waals surface area contributed by atoms with E-state index < -0.39 is 16.7 Å². The highest BCUT2D eigenvalue weighted by molar-refractivity contribution is 6.36. The van der Waals surface area contributed by atoms with Crippen molar-refractivity contribution in [2.24, 2.45) is 0 Å². The molecule has 2 amide bonds. The molecule has 4 rings (SSSR count). The topological polar surface area (TPSA) is 111 Å². The highest BCUT2D eigenvalue weighted by Gasteiger charge is 2.38. The second kappa shape index (κ2) is 7.27. The van der Waals surface area contributed by atoms with Crippen LogP contribution in [-0.4, -0.2) is 35.0 Å². The summed E-state index contributed by atoms with van der Waals surface area (Å²) in [5.74, 6) is 0.257. The molecule has 0 radical (unpaired) electrons. The van der Waals surface area contributed by atoms with Crippen molar-refractivity contribution in [2.45, 2.75) is 13.3 Å². The summed E-state index contributed by atoms with van der Waals surface area (Å²) in [6.45, 7) is 2.27. The molecule has 2 aromatic carbocycles. The van der Waals surface area contributed by atoms with E-state index in [1.54, 1.807) is 18.2 Å². The first-order chi connectivity index (χ1) is 14.0. The van der Waals surface area contributed by atoms with Crippen molar-refractivity contribution in [3.63, 3.8) is 0 Å². The molecule has 0 bridgehead atoms. The van der Waals surface area contributed by atoms with Crippen LogP contribution < -0.4 is 14.8 Å². The molecule has 0 atom stereocenters. The second-order valence-corrected chi connectivity index (χ2v) is 6.51. The van der Waals surface area contributed by atoms with Crippen molar-refractivity contribution >= 4 is 28.8 Å². The lowest BCUT2D eigenvalue weighted by atomic mass is 10.0. The van der Waals surface area contributed by atoms with Crippen LogP contribution in [0.15, 0.2) is 48.2 Å². The first kappa shape index (κ1) is 18.5. The summed E-state index contributed by atoms with van der Waals surface area (Å²) in [7, 11) is 0. The summed E-state index contributed by atoms with van der Waals surface area (Å²) < 4.78 is 10.6. The molecule has 2 heterocycles. The van der Waals surface area contributed by atoms with Gasteiger partial charge in [-0.2, -0.15) is 0 Å². The molecule has 29 heavy (non-hydrogen) atoms. The predicted molar refractivity (Wildman–Crippen MR) is 103 cm³/mol. The maximum atomic E-state index is 12.9. The molecule has 2 aromatic rings. The van der Waals surface area contributed by atoms with Crippen molar-refractivity contribution < 1.29 is 24.0 Å². The maximum Gasteiger partial charge on any atom is 0.278 e. The lowest BCUT2D eigenvalue weighted by molar-refractivity contribution is -0.384. The number of nitrogens with one attached hydrogen (secondary N) is 1. The van der Waals surface area contributed by atoms with Gasteiger partial charge in [-0.15, -0.1) is 0 Å². The number of nitrogens with zero attached hydrogens (tertiary/aromatic N) is 2. The molecule has 0 aliphatic carbocycles. The SMILES string of the molecule is CCCN1C(=O)C(Nc2ccc3c(c2)OCO3)=C(c2ccc([N+](=O)[O-])cc2)C1=O. The number of nitro benzene ring substituents is 1. The van der Waals surface area contributed by atoms with Gasteiger partial charge < -0.3 is 14.8 Å². The second-order valence-electron chi connectivity index (χ2n) is 6.51. The molecule has 0 saturated heterocycles. The van der Waals surface area contributed by atoms with Crippen molar-refractivity contribution in [2.75, 3.05) is 18.7 Å². The smallest absolute Gasteiger partial charge is 0.278 e. The fraction of sp³-hybridized carbons (Fsp3) is 0.200. The van der Waals surface area contributed by atoms with Crippen molar-refractivity contribution in [1.82, 2.24) is 4.90 Å². The Morgan fingerprint density at radius 2 is 1.79 bits per heavy atom. The van der Waals surface area contributed by atoms with E-state index in [9.17, 15) is 19.7 Å². The normalized spacial score (nSPS) is 15.3. The zero-order valence-electron chi connectivity index (χ0n) is 15.5. The number of imide groups is 1. The van der Waals surface area contributed by atoms with E-state index in [4.69, 9.17) is 9.47 Å². The summed E-state index contributed by atoms with van der Waals surface area (Å²) >= 11 is 0. The Kier molecular flexibility index (Phi) is 4.63. The third kappa shape index (κ3) is 3.27. The molecule has 9 nitrogen and oxygen atoms in total. The van der Waals surface area contributed by atoms with Gasteiger partial charge in [0.15, 0.2) is 11.5 Å². The molecule has 2 aliphatic heterocycles. The molecular formula is C20H17N3O6. The van der Waals surface area contributed by atoms with Gasteiger partial charge in [0.05, 0.1) is 10.5 Å². The lowest BCUT2D eigenvalue weighted by Crippen LogP contribution is -2.33. The number of fused-ring (bicyclic) bond motifs is 1. The van der Waals surface area contributed by atoms with Gasteiger partial charge in [-0.3, -0.25) is 24.6 Å². The number of nitro groups is 1. The van der Waals surface area contributed by atoms with E-state index in [1.807, 2.05) is 6.92 Å². The quantitative estimate of drug-likeness (QED) is 0.455. The van der Waals surface area contributed by atoms with Crippen molar-refractivity contribution in [3.05, 3.63) is 63.8 Å². The molecule has 148 valence electrons. The minimum absolute atomic E-state index is 0.0955. The van der Waals surface area contributed by atoms with E-state index in [0.29, 0.717) is 29.2 Å². The average molecular weight is 395 g/mol.